The van der Waals surface area contributed by atoms with Crippen LogP contribution in [0.5, 0.6) is 0 Å². The second kappa shape index (κ2) is 8.67. The first kappa shape index (κ1) is 18.2. The summed E-state index contributed by atoms with van der Waals surface area (Å²) in [4.78, 5) is 24.1. The molecule has 0 atom stereocenters. The number of nitrogens with zero attached hydrogens (tertiary/aromatic N) is 4. The SMILES string of the molecule is O=C(C1CCN(Cc2ccco2)CC1)N1CCN(Cc2ccccn2)CC1. The van der Waals surface area contributed by atoms with Crippen LogP contribution in [0.1, 0.15) is 24.3 Å². The first-order chi connectivity index (χ1) is 13.3. The molecule has 4 rings (SSSR count). The fourth-order valence-corrected chi connectivity index (χ4v) is 4.07. The lowest BCUT2D eigenvalue weighted by atomic mass is 9.95. The van der Waals surface area contributed by atoms with Gasteiger partial charge >= 0.3 is 0 Å². The Morgan fingerprint density at radius 3 is 2.41 bits per heavy atom. The van der Waals surface area contributed by atoms with Crippen LogP contribution in [-0.4, -0.2) is 64.9 Å². The van der Waals surface area contributed by atoms with Gasteiger partial charge in [-0.25, -0.2) is 0 Å². The number of likely N-dealkylation sites (tertiary alicyclic amines) is 1. The highest BCUT2D eigenvalue weighted by Gasteiger charge is 2.30. The molecule has 2 aliphatic heterocycles. The molecule has 2 aliphatic rings. The van der Waals surface area contributed by atoms with Gasteiger partial charge in [0.05, 0.1) is 18.5 Å². The molecule has 144 valence electrons. The van der Waals surface area contributed by atoms with E-state index in [4.69, 9.17) is 4.42 Å². The second-order valence-corrected chi connectivity index (χ2v) is 7.55. The number of amides is 1. The fourth-order valence-electron chi connectivity index (χ4n) is 4.07. The normalized spacial score (nSPS) is 20.1. The van der Waals surface area contributed by atoms with Gasteiger partial charge < -0.3 is 9.32 Å². The van der Waals surface area contributed by atoms with Gasteiger partial charge in [-0.15, -0.1) is 0 Å². The van der Waals surface area contributed by atoms with Crippen LogP contribution in [0, 0.1) is 5.92 Å². The molecule has 27 heavy (non-hydrogen) atoms. The van der Waals surface area contributed by atoms with Crippen LogP contribution in [0.4, 0.5) is 0 Å². The molecule has 0 saturated carbocycles. The highest BCUT2D eigenvalue weighted by atomic mass is 16.3. The Bertz CT molecular complexity index is 703. The van der Waals surface area contributed by atoms with E-state index in [1.54, 1.807) is 6.26 Å². The van der Waals surface area contributed by atoms with E-state index in [0.29, 0.717) is 5.91 Å². The summed E-state index contributed by atoms with van der Waals surface area (Å²) in [5, 5.41) is 0. The predicted molar refractivity (Wildman–Crippen MR) is 103 cm³/mol. The number of rotatable bonds is 5. The Balaban J connectivity index is 1.20. The maximum atomic E-state index is 12.9. The minimum atomic E-state index is 0.181. The van der Waals surface area contributed by atoms with Gasteiger partial charge in [-0.05, 0) is 50.2 Å². The van der Waals surface area contributed by atoms with Crippen LogP contribution in [0.15, 0.2) is 47.2 Å². The maximum absolute atomic E-state index is 12.9. The van der Waals surface area contributed by atoms with Crippen LogP contribution >= 0.6 is 0 Å². The number of piperazine rings is 1. The van der Waals surface area contributed by atoms with Crippen molar-refractivity contribution >= 4 is 5.91 Å². The number of aromatic nitrogens is 1. The van der Waals surface area contributed by atoms with Crippen molar-refractivity contribution in [1.82, 2.24) is 19.7 Å². The quantitative estimate of drug-likeness (QED) is 0.810. The minimum Gasteiger partial charge on any atom is -0.468 e. The fraction of sp³-hybridized carbons (Fsp3) is 0.524. The average Bonchev–Trinajstić information content (AvgIpc) is 3.22. The van der Waals surface area contributed by atoms with Crippen molar-refractivity contribution in [2.45, 2.75) is 25.9 Å². The molecule has 0 aliphatic carbocycles. The van der Waals surface area contributed by atoms with Crippen LogP contribution in [0.3, 0.4) is 0 Å². The Morgan fingerprint density at radius 1 is 0.963 bits per heavy atom. The zero-order valence-corrected chi connectivity index (χ0v) is 15.8. The van der Waals surface area contributed by atoms with Gasteiger partial charge in [-0.3, -0.25) is 19.6 Å². The molecular formula is C21H28N4O2. The number of carbonyl (C=O) groups excluding carboxylic acids is 1. The molecule has 0 N–H and O–H groups in total. The van der Waals surface area contributed by atoms with E-state index in [0.717, 1.165) is 76.7 Å². The molecule has 0 spiro atoms. The minimum absolute atomic E-state index is 0.181. The van der Waals surface area contributed by atoms with E-state index in [2.05, 4.69) is 25.8 Å². The third-order valence-electron chi connectivity index (χ3n) is 5.69. The van der Waals surface area contributed by atoms with E-state index >= 15 is 0 Å². The Morgan fingerprint density at radius 2 is 1.74 bits per heavy atom. The Kier molecular flexibility index (Phi) is 5.84. The molecule has 0 unspecified atom stereocenters. The summed E-state index contributed by atoms with van der Waals surface area (Å²) in [5.74, 6) is 1.54. The summed E-state index contributed by atoms with van der Waals surface area (Å²) in [6.45, 7) is 7.18. The molecule has 0 radical (unpaired) electrons. The number of pyridine rings is 1. The molecule has 2 saturated heterocycles. The number of carbonyl (C=O) groups is 1. The monoisotopic (exact) mass is 368 g/mol. The van der Waals surface area contributed by atoms with Gasteiger partial charge in [0.15, 0.2) is 0 Å². The molecule has 6 heteroatoms. The Hall–Kier alpha value is -2.18. The summed E-state index contributed by atoms with van der Waals surface area (Å²) in [7, 11) is 0. The van der Waals surface area contributed by atoms with Crippen molar-refractivity contribution in [3.63, 3.8) is 0 Å². The molecule has 2 aromatic rings. The van der Waals surface area contributed by atoms with Crippen molar-refractivity contribution in [2.75, 3.05) is 39.3 Å². The standard InChI is InChI=1S/C21H28N4O2/c26-21(18-6-9-23(10-7-18)17-20-5-3-15-27-20)25-13-11-24(12-14-25)16-19-4-1-2-8-22-19/h1-5,8,15,18H,6-7,9-14,16-17H2. The zero-order chi connectivity index (χ0) is 18.5. The van der Waals surface area contributed by atoms with Gasteiger partial charge in [0, 0.05) is 44.8 Å². The largest absolute Gasteiger partial charge is 0.468 e. The van der Waals surface area contributed by atoms with E-state index < -0.39 is 0 Å². The number of hydrogen-bond donors (Lipinski definition) is 0. The topological polar surface area (TPSA) is 52.8 Å². The summed E-state index contributed by atoms with van der Waals surface area (Å²) in [6.07, 6.45) is 5.47. The van der Waals surface area contributed by atoms with E-state index in [1.165, 1.54) is 0 Å². The molecule has 1 amide bonds. The molecule has 2 fully saturated rings. The second-order valence-electron chi connectivity index (χ2n) is 7.55. The van der Waals surface area contributed by atoms with E-state index in [-0.39, 0.29) is 5.92 Å². The zero-order valence-electron chi connectivity index (χ0n) is 15.8. The van der Waals surface area contributed by atoms with Crippen molar-refractivity contribution in [3.05, 3.63) is 54.2 Å². The molecule has 0 aromatic carbocycles. The third-order valence-corrected chi connectivity index (χ3v) is 5.69. The Labute approximate surface area is 160 Å². The lowest BCUT2D eigenvalue weighted by Crippen LogP contribution is -2.51. The van der Waals surface area contributed by atoms with Crippen LogP contribution in [-0.2, 0) is 17.9 Å². The van der Waals surface area contributed by atoms with Crippen molar-refractivity contribution < 1.29 is 9.21 Å². The smallest absolute Gasteiger partial charge is 0.225 e. The number of furan rings is 1. The summed E-state index contributed by atoms with van der Waals surface area (Å²) in [6, 6.07) is 9.98. The first-order valence-electron chi connectivity index (χ1n) is 9.94. The summed E-state index contributed by atoms with van der Waals surface area (Å²) >= 11 is 0. The van der Waals surface area contributed by atoms with Crippen molar-refractivity contribution in [1.29, 1.82) is 0 Å². The molecular weight excluding hydrogens is 340 g/mol. The highest BCUT2D eigenvalue weighted by Crippen LogP contribution is 2.22. The number of piperidine rings is 1. The van der Waals surface area contributed by atoms with Gasteiger partial charge in [0.25, 0.3) is 0 Å². The van der Waals surface area contributed by atoms with Crippen molar-refractivity contribution in [2.24, 2.45) is 5.92 Å². The predicted octanol–water partition coefficient (Wildman–Crippen LogP) is 2.23. The third kappa shape index (κ3) is 4.76. The van der Waals surface area contributed by atoms with E-state index in [1.807, 2.05) is 30.5 Å². The van der Waals surface area contributed by atoms with E-state index in [9.17, 15) is 4.79 Å². The van der Waals surface area contributed by atoms with Crippen LogP contribution in [0.2, 0.25) is 0 Å². The number of hydrogen-bond acceptors (Lipinski definition) is 5. The van der Waals surface area contributed by atoms with Crippen LogP contribution in [0.25, 0.3) is 0 Å². The van der Waals surface area contributed by atoms with Gasteiger partial charge in [-0.2, -0.15) is 0 Å². The van der Waals surface area contributed by atoms with Crippen molar-refractivity contribution in [3.8, 4) is 0 Å². The lowest BCUT2D eigenvalue weighted by molar-refractivity contribution is -0.139. The lowest BCUT2D eigenvalue weighted by Gasteiger charge is -2.38. The molecule has 0 bridgehead atoms. The summed E-state index contributed by atoms with van der Waals surface area (Å²) < 4.78 is 5.43. The molecule has 6 nitrogen and oxygen atoms in total. The van der Waals surface area contributed by atoms with Gasteiger partial charge in [0.2, 0.25) is 5.91 Å². The molecule has 2 aromatic heterocycles. The van der Waals surface area contributed by atoms with Gasteiger partial charge in [0.1, 0.15) is 5.76 Å². The first-order valence-corrected chi connectivity index (χ1v) is 9.94. The highest BCUT2D eigenvalue weighted by molar-refractivity contribution is 5.79. The maximum Gasteiger partial charge on any atom is 0.225 e. The average molecular weight is 368 g/mol. The van der Waals surface area contributed by atoms with Gasteiger partial charge in [-0.1, -0.05) is 6.07 Å². The molecule has 4 heterocycles. The van der Waals surface area contributed by atoms with Crippen LogP contribution < -0.4 is 0 Å². The summed E-state index contributed by atoms with van der Waals surface area (Å²) in [5.41, 5.74) is 1.10.